The largest absolute Gasteiger partial charge is 0.495 e. The average molecular weight is 390 g/mol. The van der Waals surface area contributed by atoms with Crippen molar-refractivity contribution in [3.8, 4) is 5.75 Å². The van der Waals surface area contributed by atoms with E-state index in [0.717, 1.165) is 23.8 Å². The summed E-state index contributed by atoms with van der Waals surface area (Å²) in [5.41, 5.74) is -1.66. The molecular formula is C20H17F3N2O3. The van der Waals surface area contributed by atoms with Gasteiger partial charge in [-0.25, -0.2) is 0 Å². The Morgan fingerprint density at radius 1 is 0.964 bits per heavy atom. The van der Waals surface area contributed by atoms with Crippen LogP contribution in [0.4, 0.5) is 30.2 Å². The third-order valence-corrected chi connectivity index (χ3v) is 4.36. The molecule has 0 aliphatic carbocycles. The van der Waals surface area contributed by atoms with E-state index in [1.54, 1.807) is 6.92 Å². The molecule has 0 aliphatic rings. The van der Waals surface area contributed by atoms with Crippen molar-refractivity contribution < 1.29 is 17.9 Å². The van der Waals surface area contributed by atoms with Crippen LogP contribution in [0, 0.1) is 0 Å². The van der Waals surface area contributed by atoms with E-state index in [4.69, 9.17) is 4.74 Å². The summed E-state index contributed by atoms with van der Waals surface area (Å²) in [6.07, 6.45) is -4.56. The lowest BCUT2D eigenvalue weighted by atomic mass is 10.1. The number of methoxy groups -OCH3 is 1. The summed E-state index contributed by atoms with van der Waals surface area (Å²) in [5.74, 6) is 0.114. The summed E-state index contributed by atoms with van der Waals surface area (Å²) in [6, 6.07) is 11.8. The van der Waals surface area contributed by atoms with Crippen LogP contribution in [0.5, 0.6) is 5.75 Å². The van der Waals surface area contributed by atoms with Gasteiger partial charge in [0.2, 0.25) is 0 Å². The van der Waals surface area contributed by atoms with Crippen LogP contribution < -0.4 is 26.2 Å². The van der Waals surface area contributed by atoms with Crippen molar-refractivity contribution in [2.75, 3.05) is 17.7 Å². The SMILES string of the molecule is COc1ccc(C(F)(F)F)cc1Nc1c(N[C@H](C)c2ccccc2)c(=O)c1=O. The van der Waals surface area contributed by atoms with Crippen molar-refractivity contribution >= 4 is 17.1 Å². The van der Waals surface area contributed by atoms with Gasteiger partial charge in [-0.1, -0.05) is 30.3 Å². The first-order valence-corrected chi connectivity index (χ1v) is 8.39. The summed E-state index contributed by atoms with van der Waals surface area (Å²) < 4.78 is 44.1. The van der Waals surface area contributed by atoms with Gasteiger partial charge in [0.05, 0.1) is 18.4 Å². The highest BCUT2D eigenvalue weighted by Crippen LogP contribution is 2.37. The maximum absolute atomic E-state index is 13.0. The Balaban J connectivity index is 1.91. The van der Waals surface area contributed by atoms with E-state index in [0.29, 0.717) is 0 Å². The van der Waals surface area contributed by atoms with Gasteiger partial charge in [-0.2, -0.15) is 13.2 Å². The molecular weight excluding hydrogens is 373 g/mol. The Morgan fingerprint density at radius 3 is 2.21 bits per heavy atom. The van der Waals surface area contributed by atoms with Gasteiger partial charge in [0.25, 0.3) is 10.9 Å². The smallest absolute Gasteiger partial charge is 0.416 e. The van der Waals surface area contributed by atoms with Gasteiger partial charge in [0.15, 0.2) is 0 Å². The fourth-order valence-corrected chi connectivity index (χ4v) is 2.81. The molecule has 0 heterocycles. The van der Waals surface area contributed by atoms with Crippen LogP contribution in [-0.2, 0) is 6.18 Å². The Bertz CT molecular complexity index is 1060. The number of hydrogen-bond donors (Lipinski definition) is 2. The number of halogens is 3. The van der Waals surface area contributed by atoms with E-state index in [-0.39, 0.29) is 28.9 Å². The number of alkyl halides is 3. The van der Waals surface area contributed by atoms with Crippen molar-refractivity contribution in [2.24, 2.45) is 0 Å². The molecule has 0 fully saturated rings. The number of benzene rings is 2. The predicted molar refractivity (Wildman–Crippen MR) is 101 cm³/mol. The fraction of sp³-hybridized carbons (Fsp3) is 0.200. The highest BCUT2D eigenvalue weighted by molar-refractivity contribution is 5.81. The first kappa shape index (κ1) is 19.5. The molecule has 8 heteroatoms. The standard InChI is InChI=1S/C20H17F3N2O3/c1-11(12-6-4-3-5-7-12)24-16-17(19(27)18(16)26)25-14-10-13(20(21,22)23)8-9-15(14)28-2/h3-11,24-25H,1-2H3/t11-/m1/s1. The fourth-order valence-electron chi connectivity index (χ4n) is 2.81. The van der Waals surface area contributed by atoms with E-state index < -0.39 is 22.6 Å². The van der Waals surface area contributed by atoms with Gasteiger partial charge in [-0.05, 0) is 30.7 Å². The summed E-state index contributed by atoms with van der Waals surface area (Å²) in [7, 11) is 1.30. The third-order valence-electron chi connectivity index (χ3n) is 4.36. The second-order valence-corrected chi connectivity index (χ2v) is 6.22. The van der Waals surface area contributed by atoms with Crippen LogP contribution in [0.15, 0.2) is 58.1 Å². The monoisotopic (exact) mass is 390 g/mol. The molecule has 0 saturated carbocycles. The number of ether oxygens (including phenoxy) is 1. The molecule has 0 unspecified atom stereocenters. The molecule has 3 aromatic carbocycles. The van der Waals surface area contributed by atoms with Crippen molar-refractivity contribution in [1.82, 2.24) is 0 Å². The van der Waals surface area contributed by atoms with Crippen LogP contribution >= 0.6 is 0 Å². The molecule has 0 amide bonds. The summed E-state index contributed by atoms with van der Waals surface area (Å²) >= 11 is 0. The topological polar surface area (TPSA) is 67.4 Å². The Labute approximate surface area is 158 Å². The normalized spacial score (nSPS) is 12.6. The molecule has 0 radical (unpaired) electrons. The zero-order chi connectivity index (χ0) is 20.5. The van der Waals surface area contributed by atoms with Gasteiger partial charge in [-0.15, -0.1) is 0 Å². The average Bonchev–Trinajstić information content (AvgIpc) is 2.69. The summed E-state index contributed by atoms with van der Waals surface area (Å²) in [4.78, 5) is 24.0. The third kappa shape index (κ3) is 3.71. The number of anilines is 3. The van der Waals surface area contributed by atoms with Gasteiger partial charge < -0.3 is 15.4 Å². The van der Waals surface area contributed by atoms with Crippen LogP contribution in [0.3, 0.4) is 0 Å². The van der Waals surface area contributed by atoms with E-state index in [1.807, 2.05) is 30.3 Å². The van der Waals surface area contributed by atoms with Crippen LogP contribution in [-0.4, -0.2) is 7.11 Å². The maximum Gasteiger partial charge on any atom is 0.416 e. The molecule has 28 heavy (non-hydrogen) atoms. The van der Waals surface area contributed by atoms with Gasteiger partial charge in [0, 0.05) is 6.04 Å². The Morgan fingerprint density at radius 2 is 1.61 bits per heavy atom. The maximum atomic E-state index is 13.0. The van der Waals surface area contributed by atoms with Crippen LogP contribution in [0.25, 0.3) is 0 Å². The second kappa shape index (κ2) is 7.38. The number of nitrogens with one attached hydrogen (secondary N) is 2. The van der Waals surface area contributed by atoms with E-state index in [9.17, 15) is 22.8 Å². The number of rotatable bonds is 6. The lowest BCUT2D eigenvalue weighted by Crippen LogP contribution is -2.37. The van der Waals surface area contributed by atoms with E-state index in [2.05, 4.69) is 10.6 Å². The van der Waals surface area contributed by atoms with Crippen molar-refractivity contribution in [3.05, 3.63) is 80.1 Å². The minimum Gasteiger partial charge on any atom is -0.495 e. The lowest BCUT2D eigenvalue weighted by molar-refractivity contribution is -0.137. The molecule has 1 atom stereocenters. The van der Waals surface area contributed by atoms with Gasteiger partial charge in [-0.3, -0.25) is 9.59 Å². The summed E-state index contributed by atoms with van der Waals surface area (Å²) in [5, 5.41) is 5.57. The minimum absolute atomic E-state index is 0.0285. The minimum atomic E-state index is -4.56. The predicted octanol–water partition coefficient (Wildman–Crippen LogP) is 4.23. The van der Waals surface area contributed by atoms with Gasteiger partial charge >= 0.3 is 6.18 Å². The highest BCUT2D eigenvalue weighted by atomic mass is 19.4. The van der Waals surface area contributed by atoms with Gasteiger partial charge in [0.1, 0.15) is 17.1 Å². The highest BCUT2D eigenvalue weighted by Gasteiger charge is 2.32. The molecule has 3 rings (SSSR count). The zero-order valence-corrected chi connectivity index (χ0v) is 15.1. The molecule has 0 saturated heterocycles. The molecule has 5 nitrogen and oxygen atoms in total. The molecule has 0 bridgehead atoms. The zero-order valence-electron chi connectivity index (χ0n) is 15.1. The lowest BCUT2D eigenvalue weighted by Gasteiger charge is -2.21. The molecule has 0 aliphatic heterocycles. The van der Waals surface area contributed by atoms with Crippen LogP contribution in [0.1, 0.15) is 24.1 Å². The first-order valence-electron chi connectivity index (χ1n) is 8.39. The summed E-state index contributed by atoms with van der Waals surface area (Å²) in [6.45, 7) is 1.81. The van der Waals surface area contributed by atoms with Crippen LogP contribution in [0.2, 0.25) is 0 Å². The quantitative estimate of drug-likeness (QED) is 0.617. The van der Waals surface area contributed by atoms with Crippen molar-refractivity contribution in [1.29, 1.82) is 0 Å². The first-order chi connectivity index (χ1) is 13.2. The molecule has 146 valence electrons. The Kier molecular flexibility index (Phi) is 5.13. The second-order valence-electron chi connectivity index (χ2n) is 6.22. The van der Waals surface area contributed by atoms with Crippen molar-refractivity contribution in [2.45, 2.75) is 19.1 Å². The molecule has 2 N–H and O–H groups in total. The van der Waals surface area contributed by atoms with E-state index >= 15 is 0 Å². The number of hydrogen-bond acceptors (Lipinski definition) is 5. The molecule has 0 spiro atoms. The van der Waals surface area contributed by atoms with E-state index in [1.165, 1.54) is 7.11 Å². The molecule has 3 aromatic rings. The Hall–Kier alpha value is -3.29. The van der Waals surface area contributed by atoms with Crippen molar-refractivity contribution in [3.63, 3.8) is 0 Å². The molecule has 0 aromatic heterocycles.